The Morgan fingerprint density at radius 2 is 2.00 bits per heavy atom. The normalized spacial score (nSPS) is 15.6. The molecule has 0 saturated carbocycles. The highest BCUT2D eigenvalue weighted by atomic mass is 16.6. The van der Waals surface area contributed by atoms with Crippen molar-refractivity contribution in [2.75, 3.05) is 25.0 Å². The highest BCUT2D eigenvalue weighted by molar-refractivity contribution is 5.93. The number of nitrogens with zero attached hydrogens (tertiary/aromatic N) is 1. The monoisotopic (exact) mass is 250 g/mol. The molecule has 0 radical (unpaired) electrons. The Bertz CT molecular complexity index is 456. The molecular formula is C12H16N3O3+. The third kappa shape index (κ3) is 3.04. The molecule has 1 heterocycles. The lowest BCUT2D eigenvalue weighted by Gasteiger charge is -2.11. The van der Waals surface area contributed by atoms with E-state index in [4.69, 9.17) is 0 Å². The van der Waals surface area contributed by atoms with Gasteiger partial charge in [-0.3, -0.25) is 14.9 Å². The third-order valence-corrected chi connectivity index (χ3v) is 3.10. The van der Waals surface area contributed by atoms with E-state index in [0.29, 0.717) is 6.54 Å². The van der Waals surface area contributed by atoms with Crippen LogP contribution in [-0.4, -0.2) is 30.5 Å². The summed E-state index contributed by atoms with van der Waals surface area (Å²) in [6, 6.07) is 6.19. The minimum absolute atomic E-state index is 0.0673. The van der Waals surface area contributed by atoms with Gasteiger partial charge in [0.1, 0.15) is 5.69 Å². The van der Waals surface area contributed by atoms with Crippen LogP contribution in [0, 0.1) is 10.1 Å². The Hall–Kier alpha value is -1.95. The largest absolute Gasteiger partial charge is 0.327 e. The summed E-state index contributed by atoms with van der Waals surface area (Å²) in [6.45, 7) is 2.39. The van der Waals surface area contributed by atoms with Crippen molar-refractivity contribution in [1.82, 2.24) is 0 Å². The fraction of sp³-hybridized carbons (Fsp3) is 0.417. The van der Waals surface area contributed by atoms with Crippen molar-refractivity contribution in [3.05, 3.63) is 34.4 Å². The maximum Gasteiger partial charge on any atom is 0.292 e. The molecule has 0 aromatic heterocycles. The molecule has 1 saturated heterocycles. The first-order chi connectivity index (χ1) is 8.66. The highest BCUT2D eigenvalue weighted by Crippen LogP contribution is 2.22. The zero-order chi connectivity index (χ0) is 13.0. The van der Waals surface area contributed by atoms with Crippen LogP contribution in [0.3, 0.4) is 0 Å². The van der Waals surface area contributed by atoms with Crippen LogP contribution in [-0.2, 0) is 4.79 Å². The summed E-state index contributed by atoms with van der Waals surface area (Å²) in [4.78, 5) is 23.3. The fourth-order valence-corrected chi connectivity index (χ4v) is 2.21. The smallest absolute Gasteiger partial charge is 0.292 e. The minimum Gasteiger partial charge on any atom is -0.327 e. The molecule has 0 spiro atoms. The second-order valence-corrected chi connectivity index (χ2v) is 4.46. The van der Waals surface area contributed by atoms with Crippen molar-refractivity contribution in [3.8, 4) is 0 Å². The molecule has 0 unspecified atom stereocenters. The van der Waals surface area contributed by atoms with E-state index < -0.39 is 4.92 Å². The molecular weight excluding hydrogens is 234 g/mol. The van der Waals surface area contributed by atoms with E-state index in [1.807, 2.05) is 0 Å². The van der Waals surface area contributed by atoms with Gasteiger partial charge < -0.3 is 10.2 Å². The zero-order valence-electron chi connectivity index (χ0n) is 10.0. The predicted molar refractivity (Wildman–Crippen MR) is 66.5 cm³/mol. The Morgan fingerprint density at radius 3 is 2.67 bits per heavy atom. The number of rotatable bonds is 4. The van der Waals surface area contributed by atoms with Crippen molar-refractivity contribution in [2.24, 2.45) is 0 Å². The summed E-state index contributed by atoms with van der Waals surface area (Å²) in [5.41, 5.74) is 0.202. The molecule has 0 atom stereocenters. The molecule has 1 amide bonds. The lowest BCUT2D eigenvalue weighted by atomic mass is 10.2. The van der Waals surface area contributed by atoms with Crippen molar-refractivity contribution in [3.63, 3.8) is 0 Å². The number of nitrogens with one attached hydrogen (secondary N) is 2. The number of anilines is 1. The number of carbonyl (C=O) groups excluding carboxylic acids is 1. The van der Waals surface area contributed by atoms with Crippen LogP contribution < -0.4 is 10.2 Å². The molecule has 0 aliphatic carbocycles. The molecule has 1 aliphatic heterocycles. The molecule has 18 heavy (non-hydrogen) atoms. The minimum atomic E-state index is -0.488. The fourth-order valence-electron chi connectivity index (χ4n) is 2.21. The van der Waals surface area contributed by atoms with Crippen LogP contribution in [0.5, 0.6) is 0 Å². The number of nitro benzene ring substituents is 1. The third-order valence-electron chi connectivity index (χ3n) is 3.10. The molecule has 1 fully saturated rings. The first-order valence-electron chi connectivity index (χ1n) is 6.03. The van der Waals surface area contributed by atoms with E-state index in [1.165, 1.54) is 11.0 Å². The van der Waals surface area contributed by atoms with Gasteiger partial charge in [-0.25, -0.2) is 0 Å². The molecule has 1 aromatic rings. The summed E-state index contributed by atoms with van der Waals surface area (Å²) in [6.07, 6.45) is 2.29. The zero-order valence-corrected chi connectivity index (χ0v) is 10.0. The number of quaternary nitrogens is 1. The topological polar surface area (TPSA) is 76.7 Å². The van der Waals surface area contributed by atoms with E-state index in [-0.39, 0.29) is 17.3 Å². The van der Waals surface area contributed by atoms with Gasteiger partial charge >= 0.3 is 0 Å². The maximum atomic E-state index is 11.8. The van der Waals surface area contributed by atoms with Crippen LogP contribution >= 0.6 is 0 Å². The molecule has 1 aromatic carbocycles. The molecule has 1 aliphatic rings. The van der Waals surface area contributed by atoms with Gasteiger partial charge in [-0.1, -0.05) is 12.1 Å². The second-order valence-electron chi connectivity index (χ2n) is 4.46. The quantitative estimate of drug-likeness (QED) is 0.592. The second kappa shape index (κ2) is 5.59. The van der Waals surface area contributed by atoms with Gasteiger partial charge in [-0.2, -0.15) is 0 Å². The molecule has 0 bridgehead atoms. The van der Waals surface area contributed by atoms with Crippen LogP contribution in [0.4, 0.5) is 11.4 Å². The van der Waals surface area contributed by atoms with Crippen LogP contribution in [0.2, 0.25) is 0 Å². The lowest BCUT2D eigenvalue weighted by Crippen LogP contribution is -3.11. The Labute approximate surface area is 105 Å². The number of nitro groups is 1. The number of carbonyl (C=O) groups is 1. The molecule has 2 rings (SSSR count). The molecule has 96 valence electrons. The van der Waals surface area contributed by atoms with Crippen LogP contribution in [0.15, 0.2) is 24.3 Å². The highest BCUT2D eigenvalue weighted by Gasteiger charge is 2.21. The van der Waals surface area contributed by atoms with E-state index in [9.17, 15) is 14.9 Å². The van der Waals surface area contributed by atoms with Gasteiger partial charge in [0.25, 0.3) is 11.6 Å². The Balaban J connectivity index is 2.00. The van der Waals surface area contributed by atoms with Gasteiger partial charge in [0.05, 0.1) is 18.0 Å². The average Bonchev–Trinajstić information content (AvgIpc) is 2.82. The SMILES string of the molecule is O=C(C[NH+]1CCCC1)Nc1ccccc1[N+](=O)[O-]. The predicted octanol–water partition coefficient (Wildman–Crippen LogP) is 0.212. The first-order valence-corrected chi connectivity index (χ1v) is 6.03. The van der Waals surface area contributed by atoms with E-state index in [2.05, 4.69) is 5.32 Å². The summed E-state index contributed by atoms with van der Waals surface area (Å²) >= 11 is 0. The Morgan fingerprint density at radius 1 is 1.33 bits per heavy atom. The standard InChI is InChI=1S/C12H15N3O3/c16-12(9-14-7-3-4-8-14)13-10-5-1-2-6-11(10)15(17)18/h1-2,5-6H,3-4,7-9H2,(H,13,16)/p+1. The molecule has 6 heteroatoms. The van der Waals surface area contributed by atoms with Gasteiger partial charge in [0.2, 0.25) is 0 Å². The number of amides is 1. The van der Waals surface area contributed by atoms with Crippen LogP contribution in [0.25, 0.3) is 0 Å². The van der Waals surface area contributed by atoms with E-state index >= 15 is 0 Å². The van der Waals surface area contributed by atoms with Gasteiger partial charge in [0, 0.05) is 18.9 Å². The number of likely N-dealkylation sites (tertiary alicyclic amines) is 1. The lowest BCUT2D eigenvalue weighted by molar-refractivity contribution is -0.878. The van der Waals surface area contributed by atoms with Gasteiger partial charge in [-0.15, -0.1) is 0 Å². The molecule has 2 N–H and O–H groups in total. The number of hydrogen-bond acceptors (Lipinski definition) is 3. The van der Waals surface area contributed by atoms with E-state index in [0.717, 1.165) is 25.9 Å². The average molecular weight is 250 g/mol. The van der Waals surface area contributed by atoms with Crippen molar-refractivity contribution >= 4 is 17.3 Å². The van der Waals surface area contributed by atoms with E-state index in [1.54, 1.807) is 18.2 Å². The first kappa shape index (κ1) is 12.5. The summed E-state index contributed by atoms with van der Waals surface area (Å²) in [5, 5.41) is 13.4. The van der Waals surface area contributed by atoms with Gasteiger partial charge in [0.15, 0.2) is 6.54 Å². The number of hydrogen-bond donors (Lipinski definition) is 2. The molecule has 6 nitrogen and oxygen atoms in total. The maximum absolute atomic E-state index is 11.8. The summed E-state index contributed by atoms with van der Waals surface area (Å²) < 4.78 is 0. The van der Waals surface area contributed by atoms with Crippen LogP contribution in [0.1, 0.15) is 12.8 Å². The number of para-hydroxylation sites is 2. The van der Waals surface area contributed by atoms with Crippen molar-refractivity contribution < 1.29 is 14.6 Å². The Kier molecular flexibility index (Phi) is 3.88. The van der Waals surface area contributed by atoms with Crippen molar-refractivity contribution in [1.29, 1.82) is 0 Å². The number of benzene rings is 1. The summed E-state index contributed by atoms with van der Waals surface area (Å²) in [7, 11) is 0. The van der Waals surface area contributed by atoms with Crippen molar-refractivity contribution in [2.45, 2.75) is 12.8 Å². The summed E-state index contributed by atoms with van der Waals surface area (Å²) in [5.74, 6) is -0.166. The van der Waals surface area contributed by atoms with Gasteiger partial charge in [-0.05, 0) is 6.07 Å².